The molecule has 16 heteroatoms. The summed E-state index contributed by atoms with van der Waals surface area (Å²) in [7, 11) is 0. The summed E-state index contributed by atoms with van der Waals surface area (Å²) in [6, 6.07) is 0. The summed E-state index contributed by atoms with van der Waals surface area (Å²) in [6.45, 7) is 12.6. The average Bonchev–Trinajstić information content (AvgIpc) is 3.15. The van der Waals surface area contributed by atoms with Crippen molar-refractivity contribution in [3.05, 3.63) is 11.6 Å². The molecular formula is C42H67KO15. The number of carboxylic acid groups (broad SMARTS) is 1. The van der Waals surface area contributed by atoms with Gasteiger partial charge in [-0.25, -0.2) is 0 Å². The first-order valence-corrected chi connectivity index (χ1v) is 21.0. The van der Waals surface area contributed by atoms with Gasteiger partial charge in [0.2, 0.25) is 0 Å². The van der Waals surface area contributed by atoms with E-state index in [9.17, 15) is 55.9 Å². The Morgan fingerprint density at radius 3 is 2.07 bits per heavy atom. The van der Waals surface area contributed by atoms with Gasteiger partial charge in [0, 0.05) is 12.0 Å². The van der Waals surface area contributed by atoms with Crippen molar-refractivity contribution in [2.24, 2.45) is 50.2 Å². The number of fused-ring (bicyclic) bond motifs is 7. The molecule has 0 aromatic carbocycles. The van der Waals surface area contributed by atoms with E-state index in [1.54, 1.807) is 0 Å². The molecule has 7 aliphatic rings. The smallest absolute Gasteiger partial charge is 0.547 e. The Labute approximate surface area is 383 Å². The fourth-order valence-corrected chi connectivity index (χ4v) is 13.8. The Bertz CT molecular complexity index is 1550. The topological polar surface area (TPSA) is 259 Å². The van der Waals surface area contributed by atoms with Crippen LogP contribution in [0.4, 0.5) is 0 Å². The Balaban J connectivity index is 0.00000567. The zero-order chi connectivity index (χ0) is 41.8. The summed E-state index contributed by atoms with van der Waals surface area (Å²) in [4.78, 5) is 12.2. The molecule has 4 saturated carbocycles. The number of hydrogen-bond donors (Lipinski definition) is 9. The fourth-order valence-electron chi connectivity index (χ4n) is 13.8. The first-order valence-electron chi connectivity index (χ1n) is 21.0. The first kappa shape index (κ1) is 47.8. The Hall–Kier alpha value is 0.326. The van der Waals surface area contributed by atoms with Crippen LogP contribution in [-0.4, -0.2) is 145 Å². The third-order valence-electron chi connectivity index (χ3n) is 17.6. The van der Waals surface area contributed by atoms with Gasteiger partial charge in [-0.05, 0) is 103 Å². The third-order valence-corrected chi connectivity index (χ3v) is 17.6. The predicted octanol–water partition coefficient (Wildman–Crippen LogP) is -3.51. The molecule has 0 radical (unpaired) electrons. The van der Waals surface area contributed by atoms with Gasteiger partial charge in [-0.1, -0.05) is 53.2 Å². The zero-order valence-electron chi connectivity index (χ0n) is 35.2. The van der Waals surface area contributed by atoms with E-state index in [-0.39, 0.29) is 104 Å². The molecule has 7 rings (SSSR count). The van der Waals surface area contributed by atoms with Crippen molar-refractivity contribution in [2.75, 3.05) is 19.8 Å². The molecule has 2 saturated heterocycles. The third kappa shape index (κ3) is 7.15. The van der Waals surface area contributed by atoms with Crippen LogP contribution in [-0.2, 0) is 23.7 Å². The normalized spacial score (nSPS) is 53.8. The second-order valence-corrected chi connectivity index (χ2v) is 20.6. The van der Waals surface area contributed by atoms with E-state index in [1.807, 2.05) is 0 Å². The molecule has 15 nitrogen and oxygen atoms in total. The van der Waals surface area contributed by atoms with E-state index in [1.165, 1.54) is 5.57 Å². The molecule has 5 aliphatic carbocycles. The van der Waals surface area contributed by atoms with Crippen molar-refractivity contribution >= 4 is 5.97 Å². The Morgan fingerprint density at radius 1 is 0.776 bits per heavy atom. The van der Waals surface area contributed by atoms with Crippen LogP contribution in [0.15, 0.2) is 11.6 Å². The Kier molecular flexibility index (Phi) is 13.8. The minimum Gasteiger partial charge on any atom is -0.547 e. The number of carboxylic acids is 1. The van der Waals surface area contributed by atoms with Crippen molar-refractivity contribution in [2.45, 2.75) is 173 Å². The SMILES string of the molecule is CC1(C)[C@@H](O[C@@H]2O[C@H](C(=O)[O-])[C@@H](O)[C@H](O[C@@H]3O[C@H](CO)[C@@H](O)[C@H](O)[C@H]3O)[C@H]2O)CC[C@]2(C)[C@H]3CC=C4[C@@H]5C[C@](C)(CO)CC[C@]5(CO)[C@@H](O)C[C@@]4(C)[C@]3(C)CC[C@@H]12.[K+]. The van der Waals surface area contributed by atoms with Crippen LogP contribution in [0.1, 0.15) is 99.3 Å². The van der Waals surface area contributed by atoms with E-state index in [2.05, 4.69) is 47.6 Å². The van der Waals surface area contributed by atoms with Crippen LogP contribution in [0.25, 0.3) is 0 Å². The van der Waals surface area contributed by atoms with Crippen molar-refractivity contribution in [3.8, 4) is 0 Å². The van der Waals surface area contributed by atoms with Gasteiger partial charge in [0.25, 0.3) is 0 Å². The van der Waals surface area contributed by atoms with Gasteiger partial charge in [0.1, 0.15) is 48.8 Å². The number of aliphatic hydroxyl groups is 9. The van der Waals surface area contributed by atoms with Crippen LogP contribution in [0.2, 0.25) is 0 Å². The van der Waals surface area contributed by atoms with Gasteiger partial charge < -0.3 is 74.8 Å². The molecule has 0 bridgehead atoms. The van der Waals surface area contributed by atoms with E-state index in [0.29, 0.717) is 25.7 Å². The number of hydrogen-bond acceptors (Lipinski definition) is 15. The zero-order valence-corrected chi connectivity index (χ0v) is 38.3. The minimum absolute atomic E-state index is 0. The number of carbonyl (C=O) groups excluding carboxylic acids is 1. The number of aliphatic carboxylic acids is 1. The fraction of sp³-hybridized carbons (Fsp3) is 0.929. The molecule has 0 aromatic rings. The monoisotopic (exact) mass is 850 g/mol. The largest absolute Gasteiger partial charge is 1.00 e. The molecule has 9 N–H and O–H groups in total. The summed E-state index contributed by atoms with van der Waals surface area (Å²) in [5.74, 6) is -1.46. The summed E-state index contributed by atoms with van der Waals surface area (Å²) in [5.41, 5.74) is -0.801. The molecule has 2 aliphatic heterocycles. The van der Waals surface area contributed by atoms with Crippen molar-refractivity contribution in [1.82, 2.24) is 0 Å². The van der Waals surface area contributed by atoms with Crippen LogP contribution in [0.5, 0.6) is 0 Å². The van der Waals surface area contributed by atoms with E-state index < -0.39 is 97.0 Å². The number of ether oxygens (including phenoxy) is 4. The molecule has 58 heavy (non-hydrogen) atoms. The maximum Gasteiger partial charge on any atom is 1.00 e. The van der Waals surface area contributed by atoms with Crippen LogP contribution in [0, 0.1) is 50.2 Å². The standard InChI is InChI=1S/C42H68O15.K/c1-37(2)23-9-12-40(5)24(8-7-20-21-15-38(3,18-44)13-14-42(21,19-45)25(46)16-41(20,40)6)39(23,4)11-10-26(37)55-36-31(51)32(30(50)33(57-36)34(52)53)56-35-29(49)28(48)27(47)22(17-43)54-35;/h7,21-33,35-36,43-51H,8-19H2,1-6H3,(H,52,53);/q;+1/p-1/t21-,22+,23-,24+,25-,26-,27+,28-,29+,30-,31+,32-,33-,35-,36+,38+,39-,40+,41+,42+;/m0./s1. The average molecular weight is 851 g/mol. The van der Waals surface area contributed by atoms with Gasteiger partial charge in [0.05, 0.1) is 31.4 Å². The number of allylic oxidation sites excluding steroid dienone is 2. The predicted molar refractivity (Wildman–Crippen MR) is 198 cm³/mol. The van der Waals surface area contributed by atoms with Crippen molar-refractivity contribution in [1.29, 1.82) is 0 Å². The van der Waals surface area contributed by atoms with Gasteiger partial charge in [-0.15, -0.1) is 0 Å². The van der Waals surface area contributed by atoms with Gasteiger partial charge in [0.15, 0.2) is 12.6 Å². The number of aliphatic hydroxyl groups excluding tert-OH is 9. The van der Waals surface area contributed by atoms with Crippen molar-refractivity contribution in [3.63, 3.8) is 0 Å². The summed E-state index contributed by atoms with van der Waals surface area (Å²) in [6.07, 6.45) is -9.92. The quantitative estimate of drug-likeness (QED) is 0.0653. The molecule has 6 fully saturated rings. The summed E-state index contributed by atoms with van der Waals surface area (Å²) in [5, 5.41) is 109. The van der Waals surface area contributed by atoms with Crippen LogP contribution < -0.4 is 56.5 Å². The maximum absolute atomic E-state index is 12.2. The summed E-state index contributed by atoms with van der Waals surface area (Å²) >= 11 is 0. The first-order chi connectivity index (χ1) is 26.6. The van der Waals surface area contributed by atoms with Crippen LogP contribution in [0.3, 0.4) is 0 Å². The second kappa shape index (κ2) is 16.7. The molecule has 20 atom stereocenters. The van der Waals surface area contributed by atoms with E-state index in [0.717, 1.165) is 32.1 Å². The Morgan fingerprint density at radius 2 is 1.45 bits per heavy atom. The molecule has 2 heterocycles. The second-order valence-electron chi connectivity index (χ2n) is 20.6. The summed E-state index contributed by atoms with van der Waals surface area (Å²) < 4.78 is 23.3. The van der Waals surface area contributed by atoms with Gasteiger partial charge in [-0.3, -0.25) is 0 Å². The van der Waals surface area contributed by atoms with Crippen LogP contribution >= 0.6 is 0 Å². The van der Waals surface area contributed by atoms with Crippen molar-refractivity contribution < 1.29 is 126 Å². The number of carbonyl (C=O) groups is 1. The molecular weight excluding hydrogens is 784 g/mol. The van der Waals surface area contributed by atoms with Gasteiger partial charge >= 0.3 is 51.4 Å². The molecule has 0 spiro atoms. The van der Waals surface area contributed by atoms with E-state index >= 15 is 0 Å². The minimum atomic E-state index is -2.01. The number of rotatable bonds is 8. The molecule has 0 aromatic heterocycles. The molecule has 0 unspecified atom stereocenters. The van der Waals surface area contributed by atoms with Gasteiger partial charge in [-0.2, -0.15) is 0 Å². The molecule has 326 valence electrons. The van der Waals surface area contributed by atoms with E-state index in [4.69, 9.17) is 18.9 Å². The maximum atomic E-state index is 12.2. The molecule has 0 amide bonds.